The van der Waals surface area contributed by atoms with E-state index in [9.17, 15) is 18.4 Å². The van der Waals surface area contributed by atoms with Gasteiger partial charge >= 0.3 is 6.18 Å². The van der Waals surface area contributed by atoms with Gasteiger partial charge in [0, 0.05) is 5.56 Å². The van der Waals surface area contributed by atoms with Crippen molar-refractivity contribution in [2.24, 2.45) is 0 Å². The van der Waals surface area contributed by atoms with E-state index in [1.165, 1.54) is 16.8 Å². The molecule has 4 nitrogen and oxygen atoms in total. The second-order valence-corrected chi connectivity index (χ2v) is 5.05. The smallest absolute Gasteiger partial charge is 0.382 e. The molecule has 1 aromatic heterocycles. The van der Waals surface area contributed by atoms with Crippen molar-refractivity contribution in [2.75, 3.05) is 5.73 Å². The first-order valence-corrected chi connectivity index (χ1v) is 6.93. The Hall–Kier alpha value is -3.27. The largest absolute Gasteiger partial charge is 0.416 e. The maximum atomic E-state index is 12.9. The fourth-order valence-corrected chi connectivity index (χ4v) is 2.35. The number of anilines is 1. The van der Waals surface area contributed by atoms with Crippen LogP contribution >= 0.6 is 0 Å². The van der Waals surface area contributed by atoms with E-state index < -0.39 is 11.7 Å². The van der Waals surface area contributed by atoms with Crippen LogP contribution in [0.5, 0.6) is 0 Å². The number of aromatic nitrogens is 2. The molecule has 0 aliphatic rings. The standard InChI is InChI=1S/C17H11F3N4/c18-17(19,20)12-6-4-5-11(9-12)15-14(10-21)16(22)24(23-15)13-7-2-1-3-8-13/h1-9H,22H2. The lowest BCUT2D eigenvalue weighted by Gasteiger charge is -2.07. The summed E-state index contributed by atoms with van der Waals surface area (Å²) in [5.74, 6) is 0.0797. The molecule has 0 aliphatic heterocycles. The zero-order valence-corrected chi connectivity index (χ0v) is 12.2. The van der Waals surface area contributed by atoms with Gasteiger partial charge in [-0.15, -0.1) is 0 Å². The van der Waals surface area contributed by atoms with E-state index in [1.54, 1.807) is 24.3 Å². The summed E-state index contributed by atoms with van der Waals surface area (Å²) < 4.78 is 40.0. The van der Waals surface area contributed by atoms with E-state index in [0.29, 0.717) is 5.69 Å². The minimum atomic E-state index is -4.48. The molecule has 0 bridgehead atoms. The van der Waals surface area contributed by atoms with Gasteiger partial charge in [-0.3, -0.25) is 0 Å². The molecule has 0 fully saturated rings. The molecular weight excluding hydrogens is 317 g/mol. The average molecular weight is 328 g/mol. The van der Waals surface area contributed by atoms with Gasteiger partial charge in [-0.1, -0.05) is 30.3 Å². The Morgan fingerprint density at radius 3 is 2.38 bits per heavy atom. The van der Waals surface area contributed by atoms with Crippen LogP contribution in [0.1, 0.15) is 11.1 Å². The highest BCUT2D eigenvalue weighted by atomic mass is 19.4. The first kappa shape index (κ1) is 15.6. The summed E-state index contributed by atoms with van der Waals surface area (Å²) in [6.45, 7) is 0. The Balaban J connectivity index is 2.18. The Kier molecular flexibility index (Phi) is 3.73. The van der Waals surface area contributed by atoms with E-state index in [2.05, 4.69) is 5.10 Å². The fraction of sp³-hybridized carbons (Fsp3) is 0.0588. The molecule has 7 heteroatoms. The number of rotatable bonds is 2. The molecule has 0 spiro atoms. The fourth-order valence-electron chi connectivity index (χ4n) is 2.35. The maximum Gasteiger partial charge on any atom is 0.416 e. The molecule has 0 saturated heterocycles. The average Bonchev–Trinajstić information content (AvgIpc) is 2.91. The molecule has 0 radical (unpaired) electrons. The van der Waals surface area contributed by atoms with E-state index in [1.807, 2.05) is 12.1 Å². The van der Waals surface area contributed by atoms with Crippen molar-refractivity contribution in [1.29, 1.82) is 5.26 Å². The molecule has 3 aromatic rings. The van der Waals surface area contributed by atoms with Crippen LogP contribution in [0, 0.1) is 11.3 Å². The number of hydrogen-bond donors (Lipinski definition) is 1. The van der Waals surface area contributed by atoms with Crippen molar-refractivity contribution in [1.82, 2.24) is 9.78 Å². The number of benzene rings is 2. The third kappa shape index (κ3) is 2.70. The highest BCUT2D eigenvalue weighted by molar-refractivity contribution is 5.74. The van der Waals surface area contributed by atoms with E-state index in [-0.39, 0.29) is 22.6 Å². The van der Waals surface area contributed by atoms with Crippen LogP contribution in [0.25, 0.3) is 16.9 Å². The van der Waals surface area contributed by atoms with Gasteiger partial charge in [0.15, 0.2) is 0 Å². The summed E-state index contributed by atoms with van der Waals surface area (Å²) in [6.07, 6.45) is -4.48. The monoisotopic (exact) mass is 328 g/mol. The molecule has 0 amide bonds. The molecular formula is C17H11F3N4. The van der Waals surface area contributed by atoms with Crippen LogP contribution < -0.4 is 5.73 Å². The van der Waals surface area contributed by atoms with Gasteiger partial charge in [-0.05, 0) is 24.3 Å². The molecule has 120 valence electrons. The lowest BCUT2D eigenvalue weighted by atomic mass is 10.0. The van der Waals surface area contributed by atoms with Gasteiger partial charge in [-0.2, -0.15) is 23.5 Å². The van der Waals surface area contributed by atoms with E-state index >= 15 is 0 Å². The van der Waals surface area contributed by atoms with Crippen molar-refractivity contribution in [2.45, 2.75) is 6.18 Å². The molecule has 0 saturated carbocycles. The zero-order valence-electron chi connectivity index (χ0n) is 12.2. The second kappa shape index (κ2) is 5.74. The van der Waals surface area contributed by atoms with Gasteiger partial charge in [0.25, 0.3) is 0 Å². The van der Waals surface area contributed by atoms with Crippen molar-refractivity contribution >= 4 is 5.82 Å². The molecule has 2 aromatic carbocycles. The van der Waals surface area contributed by atoms with Crippen LogP contribution in [0.15, 0.2) is 54.6 Å². The van der Waals surface area contributed by atoms with Gasteiger partial charge in [0.05, 0.1) is 11.3 Å². The van der Waals surface area contributed by atoms with Crippen LogP contribution in [0.4, 0.5) is 19.0 Å². The maximum absolute atomic E-state index is 12.9. The second-order valence-electron chi connectivity index (χ2n) is 5.05. The van der Waals surface area contributed by atoms with Crippen molar-refractivity contribution in [3.05, 3.63) is 65.7 Å². The Labute approximate surface area is 135 Å². The number of para-hydroxylation sites is 1. The summed E-state index contributed by atoms with van der Waals surface area (Å²) in [4.78, 5) is 0. The third-order valence-corrected chi connectivity index (χ3v) is 3.50. The lowest BCUT2D eigenvalue weighted by Crippen LogP contribution is -2.04. The van der Waals surface area contributed by atoms with Crippen LogP contribution in [0.2, 0.25) is 0 Å². The van der Waals surface area contributed by atoms with Crippen LogP contribution in [-0.2, 0) is 6.18 Å². The number of alkyl halides is 3. The van der Waals surface area contributed by atoms with E-state index in [4.69, 9.17) is 5.73 Å². The van der Waals surface area contributed by atoms with Crippen LogP contribution in [0.3, 0.4) is 0 Å². The minimum Gasteiger partial charge on any atom is -0.382 e. The highest BCUT2D eigenvalue weighted by Crippen LogP contribution is 2.34. The molecule has 24 heavy (non-hydrogen) atoms. The summed E-state index contributed by atoms with van der Waals surface area (Å²) >= 11 is 0. The Morgan fingerprint density at radius 2 is 1.75 bits per heavy atom. The van der Waals surface area contributed by atoms with Crippen molar-refractivity contribution < 1.29 is 13.2 Å². The first-order chi connectivity index (χ1) is 11.4. The SMILES string of the molecule is N#Cc1c(-c2cccc(C(F)(F)F)c2)nn(-c2ccccc2)c1N. The highest BCUT2D eigenvalue weighted by Gasteiger charge is 2.31. The molecule has 0 unspecified atom stereocenters. The number of nitrogens with two attached hydrogens (primary N) is 1. The quantitative estimate of drug-likeness (QED) is 0.773. The zero-order chi connectivity index (χ0) is 17.3. The van der Waals surface area contributed by atoms with Crippen molar-refractivity contribution in [3.63, 3.8) is 0 Å². The van der Waals surface area contributed by atoms with Crippen molar-refractivity contribution in [3.8, 4) is 23.0 Å². The summed E-state index contributed by atoms with van der Waals surface area (Å²) in [5, 5.41) is 13.6. The molecule has 0 aliphatic carbocycles. The van der Waals surface area contributed by atoms with E-state index in [0.717, 1.165) is 12.1 Å². The first-order valence-electron chi connectivity index (χ1n) is 6.93. The number of nitriles is 1. The number of nitrogen functional groups attached to an aromatic ring is 1. The minimum absolute atomic E-state index is 0.0400. The van der Waals surface area contributed by atoms with Gasteiger partial charge in [0.1, 0.15) is 23.1 Å². The van der Waals surface area contributed by atoms with Gasteiger partial charge in [-0.25, -0.2) is 4.68 Å². The third-order valence-electron chi connectivity index (χ3n) is 3.50. The Morgan fingerprint density at radius 1 is 1.04 bits per heavy atom. The predicted octanol–water partition coefficient (Wildman–Crippen LogP) is 4.01. The summed E-state index contributed by atoms with van der Waals surface area (Å²) in [7, 11) is 0. The Bertz CT molecular complexity index is 921. The molecule has 3 rings (SSSR count). The number of halogens is 3. The molecule has 1 heterocycles. The normalized spacial score (nSPS) is 11.2. The van der Waals surface area contributed by atoms with Gasteiger partial charge < -0.3 is 5.73 Å². The number of hydrogen-bond acceptors (Lipinski definition) is 3. The summed E-state index contributed by atoms with van der Waals surface area (Å²) in [6, 6.07) is 15.4. The summed E-state index contributed by atoms with van der Waals surface area (Å²) in [5.41, 5.74) is 6.11. The van der Waals surface area contributed by atoms with Crippen LogP contribution in [-0.4, -0.2) is 9.78 Å². The topological polar surface area (TPSA) is 67.6 Å². The molecule has 2 N–H and O–H groups in total. The number of nitrogens with zero attached hydrogens (tertiary/aromatic N) is 3. The lowest BCUT2D eigenvalue weighted by molar-refractivity contribution is -0.137. The predicted molar refractivity (Wildman–Crippen MR) is 83.1 cm³/mol. The molecule has 0 atom stereocenters. The van der Waals surface area contributed by atoms with Gasteiger partial charge in [0.2, 0.25) is 0 Å².